The molecule has 1 atom stereocenters. The van der Waals surface area contributed by atoms with E-state index in [0.29, 0.717) is 17.0 Å². The number of methoxy groups -OCH3 is 1. The zero-order valence-electron chi connectivity index (χ0n) is 9.73. The first-order valence-corrected chi connectivity index (χ1v) is 6.06. The fourth-order valence-electron chi connectivity index (χ4n) is 1.25. The monoisotopic (exact) mass is 257 g/mol. The van der Waals surface area contributed by atoms with Crippen LogP contribution in [0, 0.1) is 0 Å². The number of aliphatic carboxylic acids is 1. The van der Waals surface area contributed by atoms with E-state index in [2.05, 4.69) is 5.32 Å². The fraction of sp³-hybridized carbons (Fsp3) is 0.455. The van der Waals surface area contributed by atoms with E-state index in [1.807, 2.05) is 0 Å². The predicted molar refractivity (Wildman–Crippen MR) is 64.7 cm³/mol. The van der Waals surface area contributed by atoms with Gasteiger partial charge in [-0.05, 0) is 13.3 Å². The lowest BCUT2D eigenvalue weighted by Gasteiger charge is -2.11. The maximum atomic E-state index is 11.7. The Kier molecular flexibility index (Phi) is 4.96. The molecule has 17 heavy (non-hydrogen) atoms. The summed E-state index contributed by atoms with van der Waals surface area (Å²) in [5.41, 5.74) is 0. The molecule has 94 valence electrons. The van der Waals surface area contributed by atoms with Crippen LogP contribution in [-0.2, 0) is 4.79 Å². The second-order valence-corrected chi connectivity index (χ2v) is 4.57. The van der Waals surface area contributed by atoms with Crippen LogP contribution in [0.2, 0.25) is 0 Å². The summed E-state index contributed by atoms with van der Waals surface area (Å²) in [6, 6.07) is 1.50. The largest absolute Gasteiger partial charge is 0.496 e. The number of carboxylic acids is 1. The van der Waals surface area contributed by atoms with Crippen LogP contribution in [0.25, 0.3) is 0 Å². The molecule has 0 aliphatic rings. The second kappa shape index (κ2) is 6.24. The molecule has 1 unspecified atom stereocenters. The molecule has 1 heterocycles. The maximum Gasteiger partial charge on any atom is 0.303 e. The van der Waals surface area contributed by atoms with Crippen molar-refractivity contribution in [1.29, 1.82) is 0 Å². The minimum Gasteiger partial charge on any atom is -0.496 e. The van der Waals surface area contributed by atoms with Crippen LogP contribution < -0.4 is 10.1 Å². The molecule has 0 fully saturated rings. The van der Waals surface area contributed by atoms with Crippen LogP contribution in [0.15, 0.2) is 11.4 Å². The molecule has 5 nitrogen and oxygen atoms in total. The highest BCUT2D eigenvalue weighted by Crippen LogP contribution is 2.21. The third-order valence-corrected chi connectivity index (χ3v) is 3.11. The summed E-state index contributed by atoms with van der Waals surface area (Å²) in [6.07, 6.45) is 0.471. The average Bonchev–Trinajstić information content (AvgIpc) is 2.74. The van der Waals surface area contributed by atoms with Crippen molar-refractivity contribution in [3.05, 3.63) is 16.3 Å². The molecule has 0 spiro atoms. The van der Waals surface area contributed by atoms with E-state index in [1.165, 1.54) is 11.3 Å². The number of carbonyl (C=O) groups excluding carboxylic acids is 1. The lowest BCUT2D eigenvalue weighted by molar-refractivity contribution is -0.137. The first-order chi connectivity index (χ1) is 8.02. The highest BCUT2D eigenvalue weighted by molar-refractivity contribution is 7.12. The molecule has 0 aromatic carbocycles. The summed E-state index contributed by atoms with van der Waals surface area (Å²) < 4.78 is 4.98. The van der Waals surface area contributed by atoms with Crippen molar-refractivity contribution in [2.45, 2.75) is 25.8 Å². The van der Waals surface area contributed by atoms with E-state index < -0.39 is 5.97 Å². The highest BCUT2D eigenvalue weighted by Gasteiger charge is 2.13. The van der Waals surface area contributed by atoms with E-state index in [1.54, 1.807) is 25.5 Å². The number of ether oxygens (including phenoxy) is 1. The zero-order chi connectivity index (χ0) is 12.8. The number of nitrogens with one attached hydrogen (secondary N) is 1. The van der Waals surface area contributed by atoms with Crippen LogP contribution in [0.5, 0.6) is 5.75 Å². The molecule has 6 heteroatoms. The van der Waals surface area contributed by atoms with Crippen LogP contribution in [0.4, 0.5) is 0 Å². The van der Waals surface area contributed by atoms with Gasteiger partial charge >= 0.3 is 5.97 Å². The number of hydrogen-bond donors (Lipinski definition) is 2. The molecule has 2 N–H and O–H groups in total. The van der Waals surface area contributed by atoms with Crippen LogP contribution >= 0.6 is 11.3 Å². The van der Waals surface area contributed by atoms with Gasteiger partial charge in [-0.3, -0.25) is 9.59 Å². The Hall–Kier alpha value is -1.56. The van der Waals surface area contributed by atoms with E-state index in [9.17, 15) is 9.59 Å². The molecular weight excluding hydrogens is 242 g/mol. The van der Waals surface area contributed by atoms with Gasteiger partial charge < -0.3 is 15.2 Å². The molecule has 1 aromatic rings. The number of amides is 1. The SMILES string of the molecule is COc1csc(C(=O)NC(C)CCC(=O)O)c1. The normalized spacial score (nSPS) is 11.9. The van der Waals surface area contributed by atoms with Crippen molar-refractivity contribution in [3.8, 4) is 5.75 Å². The van der Waals surface area contributed by atoms with Gasteiger partial charge in [0.1, 0.15) is 5.75 Å². The number of carboxylic acid groups (broad SMARTS) is 1. The predicted octanol–water partition coefficient (Wildman–Crippen LogP) is 1.74. The number of carbonyl (C=O) groups is 2. The first kappa shape index (κ1) is 13.5. The third kappa shape index (κ3) is 4.44. The summed E-state index contributed by atoms with van der Waals surface area (Å²) in [5, 5.41) is 13.0. The summed E-state index contributed by atoms with van der Waals surface area (Å²) >= 11 is 1.30. The molecule has 0 aliphatic heterocycles. The smallest absolute Gasteiger partial charge is 0.303 e. The average molecular weight is 257 g/mol. The molecule has 0 saturated carbocycles. The van der Waals surface area contributed by atoms with Crippen molar-refractivity contribution in [3.63, 3.8) is 0 Å². The van der Waals surface area contributed by atoms with Crippen LogP contribution in [0.3, 0.4) is 0 Å². The summed E-state index contributed by atoms with van der Waals surface area (Å²) in [7, 11) is 1.54. The summed E-state index contributed by atoms with van der Waals surface area (Å²) in [5.74, 6) is -0.404. The van der Waals surface area contributed by atoms with Crippen molar-refractivity contribution in [1.82, 2.24) is 5.32 Å². The van der Waals surface area contributed by atoms with Gasteiger partial charge in [0.15, 0.2) is 0 Å². The van der Waals surface area contributed by atoms with Crippen LogP contribution in [0.1, 0.15) is 29.4 Å². The van der Waals surface area contributed by atoms with E-state index in [0.717, 1.165) is 0 Å². The quantitative estimate of drug-likeness (QED) is 0.814. The van der Waals surface area contributed by atoms with Gasteiger partial charge in [-0.2, -0.15) is 0 Å². The number of thiophene rings is 1. The second-order valence-electron chi connectivity index (χ2n) is 3.66. The molecular formula is C11H15NO4S. The number of hydrogen-bond acceptors (Lipinski definition) is 4. The highest BCUT2D eigenvalue weighted by atomic mass is 32.1. The Morgan fingerprint density at radius 2 is 2.29 bits per heavy atom. The Balaban J connectivity index is 2.45. The molecule has 1 rings (SSSR count). The van der Waals surface area contributed by atoms with Gasteiger partial charge in [-0.1, -0.05) is 0 Å². The standard InChI is InChI=1S/C11H15NO4S/c1-7(3-4-10(13)14)12-11(15)9-5-8(16-2)6-17-9/h5-7H,3-4H2,1-2H3,(H,12,15)(H,13,14). The third-order valence-electron chi connectivity index (χ3n) is 2.20. The Labute approximate surface area is 103 Å². The molecule has 0 radical (unpaired) electrons. The van der Waals surface area contributed by atoms with Crippen molar-refractivity contribution in [2.75, 3.05) is 7.11 Å². The summed E-state index contributed by atoms with van der Waals surface area (Å²) in [6.45, 7) is 1.78. The van der Waals surface area contributed by atoms with E-state index >= 15 is 0 Å². The Bertz CT molecular complexity index is 402. The van der Waals surface area contributed by atoms with Crippen molar-refractivity contribution < 1.29 is 19.4 Å². The molecule has 0 aliphatic carbocycles. The van der Waals surface area contributed by atoms with E-state index in [4.69, 9.17) is 9.84 Å². The minimum atomic E-state index is -0.858. The number of rotatable bonds is 6. The first-order valence-electron chi connectivity index (χ1n) is 5.18. The topological polar surface area (TPSA) is 75.6 Å². The lowest BCUT2D eigenvalue weighted by Crippen LogP contribution is -2.32. The zero-order valence-corrected chi connectivity index (χ0v) is 10.5. The molecule has 1 aromatic heterocycles. The lowest BCUT2D eigenvalue weighted by atomic mass is 10.2. The van der Waals surface area contributed by atoms with Gasteiger partial charge in [0, 0.05) is 23.9 Å². The van der Waals surface area contributed by atoms with Crippen molar-refractivity contribution in [2.24, 2.45) is 0 Å². The van der Waals surface area contributed by atoms with Crippen LogP contribution in [-0.4, -0.2) is 30.1 Å². The molecule has 0 bridgehead atoms. The Morgan fingerprint density at radius 3 is 2.82 bits per heavy atom. The Morgan fingerprint density at radius 1 is 1.59 bits per heavy atom. The summed E-state index contributed by atoms with van der Waals surface area (Å²) in [4.78, 5) is 22.7. The molecule has 0 saturated heterocycles. The van der Waals surface area contributed by atoms with Gasteiger partial charge in [0.2, 0.25) is 0 Å². The maximum absolute atomic E-state index is 11.7. The van der Waals surface area contributed by atoms with Crippen molar-refractivity contribution >= 4 is 23.2 Å². The van der Waals surface area contributed by atoms with E-state index in [-0.39, 0.29) is 18.4 Å². The van der Waals surface area contributed by atoms with Gasteiger partial charge in [-0.15, -0.1) is 11.3 Å². The minimum absolute atomic E-state index is 0.0508. The fourth-order valence-corrected chi connectivity index (χ4v) is 2.01. The molecule has 1 amide bonds. The van der Waals surface area contributed by atoms with Gasteiger partial charge in [0.25, 0.3) is 5.91 Å². The van der Waals surface area contributed by atoms with Gasteiger partial charge in [0.05, 0.1) is 12.0 Å². The van der Waals surface area contributed by atoms with Gasteiger partial charge in [-0.25, -0.2) is 0 Å².